The zero-order valence-electron chi connectivity index (χ0n) is 3.55. The Labute approximate surface area is 37.3 Å². The Morgan fingerprint density at radius 2 is 2.50 bits per heavy atom. The predicted octanol–water partition coefficient (Wildman–Crippen LogP) is -0.0698. The molecule has 35 valence electrons. The highest BCUT2D eigenvalue weighted by atomic mass is 16.3. The van der Waals surface area contributed by atoms with Crippen LogP contribution in [0.3, 0.4) is 0 Å². The van der Waals surface area contributed by atoms with Crippen molar-refractivity contribution in [2.45, 2.75) is 6.10 Å². The minimum atomic E-state index is -0.773. The van der Waals surface area contributed by atoms with Crippen LogP contribution < -0.4 is 5.73 Å². The van der Waals surface area contributed by atoms with Gasteiger partial charge in [-0.15, -0.1) is 6.58 Å². The first-order valence-electron chi connectivity index (χ1n) is 1.79. The molecule has 0 fully saturated rings. The Morgan fingerprint density at radius 1 is 2.00 bits per heavy atom. The van der Waals surface area contributed by atoms with Gasteiger partial charge in [0.1, 0.15) is 6.10 Å². The van der Waals surface area contributed by atoms with E-state index in [2.05, 4.69) is 6.58 Å². The molecule has 0 aromatic carbocycles. The minimum Gasteiger partial charge on any atom is -0.328 e. The van der Waals surface area contributed by atoms with Gasteiger partial charge < -0.3 is 5.73 Å². The molecule has 0 amide bonds. The molecule has 0 bridgehead atoms. The molecule has 0 saturated heterocycles. The molecule has 1 radical (unpaired) electrons. The average Bonchev–Trinajstić information content (AvgIpc) is 1.65. The Hall–Kier alpha value is -0.340. The van der Waals surface area contributed by atoms with Crippen LogP contribution in [0.1, 0.15) is 0 Å². The highest BCUT2D eigenvalue weighted by molar-refractivity contribution is 4.77. The fraction of sp³-hybridized carbons (Fsp3) is 0.500. The molecule has 0 heterocycles. The third-order valence-corrected chi connectivity index (χ3v) is 0.495. The van der Waals surface area contributed by atoms with E-state index in [1.807, 2.05) is 0 Å². The second-order valence-electron chi connectivity index (χ2n) is 1.01. The zero-order valence-corrected chi connectivity index (χ0v) is 3.55. The lowest BCUT2D eigenvalue weighted by atomic mass is 10.4. The highest BCUT2D eigenvalue weighted by Gasteiger charge is 1.89. The lowest BCUT2D eigenvalue weighted by molar-refractivity contribution is 0.137. The molecule has 0 aromatic rings. The monoisotopic (exact) mass is 86.1 g/mol. The van der Waals surface area contributed by atoms with E-state index in [-0.39, 0.29) is 6.54 Å². The van der Waals surface area contributed by atoms with E-state index in [1.54, 1.807) is 0 Å². The molecule has 0 aromatic heterocycles. The molecule has 1 unspecified atom stereocenters. The standard InChI is InChI=1S/C4H8NO/c1-2-4(6)3-5/h2,4H,1,3,5H2. The van der Waals surface area contributed by atoms with Crippen LogP contribution in [0.4, 0.5) is 0 Å². The van der Waals surface area contributed by atoms with Gasteiger partial charge in [-0.05, 0) is 0 Å². The number of hydrogen-bond donors (Lipinski definition) is 1. The number of rotatable bonds is 2. The largest absolute Gasteiger partial charge is 0.328 e. The quantitative estimate of drug-likeness (QED) is 0.470. The van der Waals surface area contributed by atoms with Crippen molar-refractivity contribution in [2.24, 2.45) is 5.73 Å². The maximum absolute atomic E-state index is 10.0. The first-order chi connectivity index (χ1) is 2.81. The summed E-state index contributed by atoms with van der Waals surface area (Å²) in [7, 11) is 0. The SMILES string of the molecule is C=CC([O])CN. The molecule has 0 spiro atoms. The third kappa shape index (κ3) is 1.93. The summed E-state index contributed by atoms with van der Waals surface area (Å²) in [6.07, 6.45) is 0.519. The van der Waals surface area contributed by atoms with E-state index in [1.165, 1.54) is 6.08 Å². The van der Waals surface area contributed by atoms with Gasteiger partial charge in [0.05, 0.1) is 0 Å². The topological polar surface area (TPSA) is 45.9 Å². The van der Waals surface area contributed by atoms with E-state index in [0.29, 0.717) is 0 Å². The van der Waals surface area contributed by atoms with Crippen LogP contribution >= 0.6 is 0 Å². The lowest BCUT2D eigenvalue weighted by Crippen LogP contribution is -2.14. The van der Waals surface area contributed by atoms with Crippen LogP contribution in [0, 0.1) is 0 Å². The van der Waals surface area contributed by atoms with Crippen LogP contribution in [0.15, 0.2) is 12.7 Å². The van der Waals surface area contributed by atoms with Crippen molar-refractivity contribution in [2.75, 3.05) is 6.54 Å². The van der Waals surface area contributed by atoms with Crippen molar-refractivity contribution < 1.29 is 5.11 Å². The molecule has 0 aliphatic carbocycles. The highest BCUT2D eigenvalue weighted by Crippen LogP contribution is 1.75. The Bertz CT molecular complexity index is 44.8. The Kier molecular flexibility index (Phi) is 2.71. The van der Waals surface area contributed by atoms with E-state index in [0.717, 1.165) is 0 Å². The molecule has 0 aliphatic rings. The fourth-order valence-electron chi connectivity index (χ4n) is 0.0962. The molecule has 6 heavy (non-hydrogen) atoms. The van der Waals surface area contributed by atoms with E-state index < -0.39 is 6.10 Å². The number of nitrogens with two attached hydrogens (primary N) is 1. The summed E-state index contributed by atoms with van der Waals surface area (Å²) in [6, 6.07) is 0. The van der Waals surface area contributed by atoms with Gasteiger partial charge in [0.2, 0.25) is 0 Å². The smallest absolute Gasteiger partial charge is 0.123 e. The molecule has 0 saturated carbocycles. The number of hydrogen-bond acceptors (Lipinski definition) is 1. The van der Waals surface area contributed by atoms with Crippen LogP contribution in [-0.4, -0.2) is 12.6 Å². The lowest BCUT2D eigenvalue weighted by Gasteiger charge is -1.90. The summed E-state index contributed by atoms with van der Waals surface area (Å²) in [5.41, 5.74) is 4.90. The summed E-state index contributed by atoms with van der Waals surface area (Å²) in [4.78, 5) is 0. The van der Waals surface area contributed by atoms with Crippen molar-refractivity contribution in [3.63, 3.8) is 0 Å². The van der Waals surface area contributed by atoms with Gasteiger partial charge in [-0.3, -0.25) is 0 Å². The van der Waals surface area contributed by atoms with Gasteiger partial charge >= 0.3 is 0 Å². The fourth-order valence-corrected chi connectivity index (χ4v) is 0.0962. The van der Waals surface area contributed by atoms with Crippen molar-refractivity contribution in [1.82, 2.24) is 0 Å². The molecule has 2 nitrogen and oxygen atoms in total. The van der Waals surface area contributed by atoms with Crippen LogP contribution in [0.5, 0.6) is 0 Å². The van der Waals surface area contributed by atoms with Crippen LogP contribution in [0.2, 0.25) is 0 Å². The summed E-state index contributed by atoms with van der Waals surface area (Å²) in [6.45, 7) is 3.40. The molecule has 0 aliphatic heterocycles. The maximum atomic E-state index is 10.0. The van der Waals surface area contributed by atoms with Crippen molar-refractivity contribution in [1.29, 1.82) is 0 Å². The van der Waals surface area contributed by atoms with Gasteiger partial charge in [-0.2, -0.15) is 0 Å². The van der Waals surface area contributed by atoms with Gasteiger partial charge in [0.15, 0.2) is 0 Å². The molecule has 2 heteroatoms. The van der Waals surface area contributed by atoms with Crippen molar-refractivity contribution in [3.8, 4) is 0 Å². The summed E-state index contributed by atoms with van der Waals surface area (Å²) < 4.78 is 0. The van der Waals surface area contributed by atoms with Gasteiger partial charge in [-0.25, -0.2) is 5.11 Å². The second kappa shape index (κ2) is 2.87. The summed E-state index contributed by atoms with van der Waals surface area (Å²) in [5.74, 6) is 0. The molecular formula is C4H8NO. The average molecular weight is 86.1 g/mol. The molecule has 0 rings (SSSR count). The minimum absolute atomic E-state index is 0.156. The molecule has 2 N–H and O–H groups in total. The Morgan fingerprint density at radius 3 is 2.50 bits per heavy atom. The first kappa shape index (κ1) is 5.66. The Balaban J connectivity index is 2.96. The first-order valence-corrected chi connectivity index (χ1v) is 1.79. The van der Waals surface area contributed by atoms with Crippen LogP contribution in [-0.2, 0) is 5.11 Å². The van der Waals surface area contributed by atoms with Crippen LogP contribution in [0.25, 0.3) is 0 Å². The van der Waals surface area contributed by atoms with E-state index in [4.69, 9.17) is 5.73 Å². The second-order valence-corrected chi connectivity index (χ2v) is 1.01. The third-order valence-electron chi connectivity index (χ3n) is 0.495. The maximum Gasteiger partial charge on any atom is 0.123 e. The predicted molar refractivity (Wildman–Crippen MR) is 23.7 cm³/mol. The van der Waals surface area contributed by atoms with Gasteiger partial charge in [-0.1, -0.05) is 6.08 Å². The van der Waals surface area contributed by atoms with Gasteiger partial charge in [0, 0.05) is 6.54 Å². The normalized spacial score (nSPS) is 13.7. The summed E-state index contributed by atoms with van der Waals surface area (Å²) in [5, 5.41) is 10.0. The molecular weight excluding hydrogens is 78.1 g/mol. The van der Waals surface area contributed by atoms with Crippen molar-refractivity contribution >= 4 is 0 Å². The van der Waals surface area contributed by atoms with E-state index in [9.17, 15) is 5.11 Å². The summed E-state index contributed by atoms with van der Waals surface area (Å²) >= 11 is 0. The van der Waals surface area contributed by atoms with Crippen molar-refractivity contribution in [3.05, 3.63) is 12.7 Å². The zero-order chi connectivity index (χ0) is 4.99. The van der Waals surface area contributed by atoms with E-state index >= 15 is 0 Å². The van der Waals surface area contributed by atoms with Gasteiger partial charge in [0.25, 0.3) is 0 Å². The molecule has 1 atom stereocenters.